The SMILES string of the molecule is CC(CC1CCC1)NC1CC2CCC(C1)N2C(=O)OC(C)(C)C. The van der Waals surface area contributed by atoms with Crippen molar-refractivity contribution in [3.8, 4) is 0 Å². The Labute approximate surface area is 141 Å². The minimum absolute atomic E-state index is 0.106. The van der Waals surface area contributed by atoms with Crippen LogP contribution in [0.1, 0.15) is 79.1 Å². The number of fused-ring (bicyclic) bond motifs is 2. The van der Waals surface area contributed by atoms with E-state index in [9.17, 15) is 4.79 Å². The van der Waals surface area contributed by atoms with Gasteiger partial charge < -0.3 is 15.0 Å². The lowest BCUT2D eigenvalue weighted by atomic mass is 9.81. The molecule has 3 fully saturated rings. The Morgan fingerprint density at radius 2 is 1.78 bits per heavy atom. The summed E-state index contributed by atoms with van der Waals surface area (Å²) in [4.78, 5) is 14.5. The fourth-order valence-corrected chi connectivity index (χ4v) is 4.62. The molecule has 2 heterocycles. The minimum atomic E-state index is -0.400. The quantitative estimate of drug-likeness (QED) is 0.848. The molecular weight excluding hydrogens is 288 g/mol. The van der Waals surface area contributed by atoms with E-state index in [1.807, 2.05) is 25.7 Å². The largest absolute Gasteiger partial charge is 0.444 e. The number of ether oxygens (including phenoxy) is 1. The maximum absolute atomic E-state index is 12.5. The second kappa shape index (κ2) is 6.62. The zero-order chi connectivity index (χ0) is 16.6. The summed E-state index contributed by atoms with van der Waals surface area (Å²) in [7, 11) is 0. The van der Waals surface area contributed by atoms with Crippen LogP contribution in [0.5, 0.6) is 0 Å². The number of nitrogens with zero attached hydrogens (tertiary/aromatic N) is 1. The molecule has 1 aliphatic carbocycles. The molecule has 0 spiro atoms. The van der Waals surface area contributed by atoms with Gasteiger partial charge in [-0.25, -0.2) is 4.79 Å². The van der Waals surface area contributed by atoms with Gasteiger partial charge in [-0.1, -0.05) is 19.3 Å². The van der Waals surface area contributed by atoms with Gasteiger partial charge in [0, 0.05) is 24.2 Å². The van der Waals surface area contributed by atoms with E-state index in [4.69, 9.17) is 4.74 Å². The number of carbonyl (C=O) groups is 1. The molecule has 1 saturated carbocycles. The first kappa shape index (κ1) is 17.1. The zero-order valence-corrected chi connectivity index (χ0v) is 15.3. The first-order valence-corrected chi connectivity index (χ1v) is 9.59. The standard InChI is InChI=1S/C19H34N2O2/c1-13(10-14-6-5-7-14)20-15-11-16-8-9-17(12-15)21(16)18(22)23-19(2,3)4/h13-17,20H,5-12H2,1-4H3. The van der Waals surface area contributed by atoms with Gasteiger partial charge in [-0.2, -0.15) is 0 Å². The van der Waals surface area contributed by atoms with Gasteiger partial charge in [0.1, 0.15) is 5.60 Å². The van der Waals surface area contributed by atoms with E-state index in [1.54, 1.807) is 0 Å². The highest BCUT2D eigenvalue weighted by molar-refractivity contribution is 5.69. The second-order valence-electron chi connectivity index (χ2n) is 9.04. The molecule has 4 heteroatoms. The van der Waals surface area contributed by atoms with Crippen LogP contribution in [0.2, 0.25) is 0 Å². The first-order valence-electron chi connectivity index (χ1n) is 9.59. The van der Waals surface area contributed by atoms with E-state index in [2.05, 4.69) is 12.2 Å². The molecule has 3 atom stereocenters. The van der Waals surface area contributed by atoms with E-state index in [1.165, 1.54) is 25.7 Å². The molecule has 132 valence electrons. The zero-order valence-electron chi connectivity index (χ0n) is 15.3. The van der Waals surface area contributed by atoms with Gasteiger partial charge in [-0.3, -0.25) is 0 Å². The Bertz CT molecular complexity index is 414. The number of nitrogens with one attached hydrogen (secondary N) is 1. The Morgan fingerprint density at radius 1 is 1.17 bits per heavy atom. The summed E-state index contributed by atoms with van der Waals surface area (Å²) < 4.78 is 5.62. The normalized spacial score (nSPS) is 32.5. The summed E-state index contributed by atoms with van der Waals surface area (Å²) in [5.74, 6) is 0.955. The summed E-state index contributed by atoms with van der Waals surface area (Å²) in [6.45, 7) is 8.18. The number of hydrogen-bond donors (Lipinski definition) is 1. The highest BCUT2D eigenvalue weighted by Gasteiger charge is 2.45. The third kappa shape index (κ3) is 4.20. The van der Waals surface area contributed by atoms with E-state index in [-0.39, 0.29) is 6.09 Å². The molecular formula is C19H34N2O2. The summed E-state index contributed by atoms with van der Waals surface area (Å²) >= 11 is 0. The van der Waals surface area contributed by atoms with Crippen LogP contribution in [0.3, 0.4) is 0 Å². The van der Waals surface area contributed by atoms with Crippen LogP contribution in [-0.2, 0) is 4.74 Å². The van der Waals surface area contributed by atoms with Crippen molar-refractivity contribution < 1.29 is 9.53 Å². The van der Waals surface area contributed by atoms with Crippen LogP contribution in [0, 0.1) is 5.92 Å². The topological polar surface area (TPSA) is 41.6 Å². The lowest BCUT2D eigenvalue weighted by Gasteiger charge is -2.41. The minimum Gasteiger partial charge on any atom is -0.444 e. The molecule has 0 aromatic carbocycles. The monoisotopic (exact) mass is 322 g/mol. The Balaban J connectivity index is 1.51. The Kier molecular flexibility index (Phi) is 4.91. The fraction of sp³-hybridized carbons (Fsp3) is 0.947. The number of amides is 1. The van der Waals surface area contributed by atoms with Crippen molar-refractivity contribution >= 4 is 6.09 Å². The Hall–Kier alpha value is -0.770. The fourth-order valence-electron chi connectivity index (χ4n) is 4.62. The maximum Gasteiger partial charge on any atom is 0.410 e. The second-order valence-corrected chi connectivity index (χ2v) is 9.04. The van der Waals surface area contributed by atoms with Gasteiger partial charge in [0.25, 0.3) is 0 Å². The lowest BCUT2D eigenvalue weighted by Crippen LogP contribution is -2.54. The van der Waals surface area contributed by atoms with Gasteiger partial charge in [-0.15, -0.1) is 0 Å². The van der Waals surface area contributed by atoms with Crippen LogP contribution < -0.4 is 5.32 Å². The predicted molar refractivity (Wildman–Crippen MR) is 92.5 cm³/mol. The van der Waals surface area contributed by atoms with Crippen molar-refractivity contribution in [3.63, 3.8) is 0 Å². The van der Waals surface area contributed by atoms with Crippen molar-refractivity contribution in [1.29, 1.82) is 0 Å². The molecule has 0 aromatic rings. The first-order chi connectivity index (χ1) is 10.8. The van der Waals surface area contributed by atoms with Gasteiger partial charge in [0.2, 0.25) is 0 Å². The molecule has 1 amide bonds. The molecule has 23 heavy (non-hydrogen) atoms. The van der Waals surface area contributed by atoms with Crippen LogP contribution >= 0.6 is 0 Å². The molecule has 0 aromatic heterocycles. The molecule has 2 aliphatic heterocycles. The lowest BCUT2D eigenvalue weighted by molar-refractivity contribution is 0.00420. The Morgan fingerprint density at radius 3 is 2.26 bits per heavy atom. The highest BCUT2D eigenvalue weighted by atomic mass is 16.6. The van der Waals surface area contributed by atoms with Crippen LogP contribution in [0.4, 0.5) is 4.79 Å². The van der Waals surface area contributed by atoms with Crippen LogP contribution in [0.25, 0.3) is 0 Å². The maximum atomic E-state index is 12.5. The summed E-state index contributed by atoms with van der Waals surface area (Å²) in [6, 6.07) is 1.92. The van der Waals surface area contributed by atoms with Crippen LogP contribution in [-0.4, -0.2) is 40.8 Å². The van der Waals surface area contributed by atoms with Crippen molar-refractivity contribution in [2.75, 3.05) is 0 Å². The average molecular weight is 322 g/mol. The van der Waals surface area contributed by atoms with Gasteiger partial charge in [-0.05, 0) is 65.7 Å². The van der Waals surface area contributed by atoms with Gasteiger partial charge in [0.05, 0.1) is 0 Å². The third-order valence-electron chi connectivity index (χ3n) is 5.77. The molecule has 0 radical (unpaired) electrons. The molecule has 3 unspecified atom stereocenters. The van der Waals surface area contributed by atoms with E-state index in [0.717, 1.165) is 31.6 Å². The van der Waals surface area contributed by atoms with Crippen molar-refractivity contribution in [1.82, 2.24) is 10.2 Å². The van der Waals surface area contributed by atoms with Gasteiger partial charge >= 0.3 is 6.09 Å². The number of piperidine rings is 1. The summed E-state index contributed by atoms with van der Waals surface area (Å²) in [5.41, 5.74) is -0.400. The predicted octanol–water partition coefficient (Wildman–Crippen LogP) is 4.09. The van der Waals surface area contributed by atoms with E-state index in [0.29, 0.717) is 24.2 Å². The highest BCUT2D eigenvalue weighted by Crippen LogP contribution is 2.37. The smallest absolute Gasteiger partial charge is 0.410 e. The molecule has 3 rings (SSSR count). The molecule has 2 saturated heterocycles. The number of rotatable bonds is 4. The van der Waals surface area contributed by atoms with Crippen molar-refractivity contribution in [2.24, 2.45) is 5.92 Å². The summed E-state index contributed by atoms with van der Waals surface area (Å²) in [5, 5.41) is 3.85. The molecule has 4 nitrogen and oxygen atoms in total. The number of hydrogen-bond acceptors (Lipinski definition) is 3. The van der Waals surface area contributed by atoms with Crippen molar-refractivity contribution in [2.45, 2.75) is 109 Å². The molecule has 2 bridgehead atoms. The average Bonchev–Trinajstić information content (AvgIpc) is 2.64. The number of carbonyl (C=O) groups excluding carboxylic acids is 1. The molecule has 3 aliphatic rings. The summed E-state index contributed by atoms with van der Waals surface area (Å²) in [6.07, 6.45) is 9.94. The van der Waals surface area contributed by atoms with Gasteiger partial charge in [0.15, 0.2) is 0 Å². The van der Waals surface area contributed by atoms with E-state index < -0.39 is 5.60 Å². The van der Waals surface area contributed by atoms with Crippen molar-refractivity contribution in [3.05, 3.63) is 0 Å². The van der Waals surface area contributed by atoms with E-state index >= 15 is 0 Å². The third-order valence-corrected chi connectivity index (χ3v) is 5.77. The molecule has 1 N–H and O–H groups in total. The van der Waals surface area contributed by atoms with Crippen LogP contribution in [0.15, 0.2) is 0 Å².